The van der Waals surface area contributed by atoms with E-state index in [-0.39, 0.29) is 11.1 Å². The van der Waals surface area contributed by atoms with E-state index >= 15 is 0 Å². The first-order valence-electron chi connectivity index (χ1n) is 5.12. The number of nitrogens with zero attached hydrogens (tertiary/aromatic N) is 2. The number of carbonyl (C=O) groups excluding carboxylic acids is 1. The van der Waals surface area contributed by atoms with Crippen LogP contribution in [0.2, 0.25) is 5.15 Å². The Balaban J connectivity index is 2.25. The molecule has 0 fully saturated rings. The van der Waals surface area contributed by atoms with Crippen LogP contribution in [0.3, 0.4) is 0 Å². The number of amides is 1. The molecule has 1 aromatic heterocycles. The maximum Gasteiger partial charge on any atom is 0.257 e. The lowest BCUT2D eigenvalue weighted by atomic mass is 10.1. The van der Waals surface area contributed by atoms with Crippen molar-refractivity contribution in [2.75, 3.05) is 5.32 Å². The second kappa shape index (κ2) is 5.46. The zero-order valence-corrected chi connectivity index (χ0v) is 11.8. The topological polar surface area (TPSA) is 54.9 Å². The van der Waals surface area contributed by atoms with Gasteiger partial charge in [-0.05, 0) is 34.5 Å². The van der Waals surface area contributed by atoms with Gasteiger partial charge in [-0.15, -0.1) is 0 Å². The Hall–Kier alpha value is -1.46. The fourth-order valence-corrected chi connectivity index (χ4v) is 2.00. The molecule has 1 N–H and O–H groups in total. The van der Waals surface area contributed by atoms with Gasteiger partial charge in [-0.2, -0.15) is 0 Å². The fourth-order valence-electron chi connectivity index (χ4n) is 1.41. The summed E-state index contributed by atoms with van der Waals surface area (Å²) in [6.07, 6.45) is 1.29. The van der Waals surface area contributed by atoms with Crippen molar-refractivity contribution in [2.24, 2.45) is 0 Å². The van der Waals surface area contributed by atoms with Crippen molar-refractivity contribution in [3.8, 4) is 0 Å². The van der Waals surface area contributed by atoms with Crippen LogP contribution < -0.4 is 5.32 Å². The van der Waals surface area contributed by atoms with E-state index in [1.807, 2.05) is 19.1 Å². The lowest BCUT2D eigenvalue weighted by Crippen LogP contribution is -2.14. The van der Waals surface area contributed by atoms with E-state index in [0.29, 0.717) is 11.4 Å². The van der Waals surface area contributed by atoms with Crippen molar-refractivity contribution in [3.05, 3.63) is 51.3 Å². The summed E-state index contributed by atoms with van der Waals surface area (Å²) in [6.45, 7) is 1.92. The van der Waals surface area contributed by atoms with Crippen LogP contribution in [0, 0.1) is 6.92 Å². The lowest BCUT2D eigenvalue weighted by Gasteiger charge is -2.07. The van der Waals surface area contributed by atoms with Crippen LogP contribution in [-0.2, 0) is 0 Å². The van der Waals surface area contributed by atoms with Gasteiger partial charge in [0.2, 0.25) is 0 Å². The van der Waals surface area contributed by atoms with E-state index in [9.17, 15) is 4.79 Å². The minimum Gasteiger partial charge on any atom is -0.306 e. The third-order valence-electron chi connectivity index (χ3n) is 2.31. The summed E-state index contributed by atoms with van der Waals surface area (Å²) < 4.78 is 0.766. The summed E-state index contributed by atoms with van der Waals surface area (Å²) in [7, 11) is 0. The Morgan fingerprint density at radius 1 is 1.39 bits per heavy atom. The van der Waals surface area contributed by atoms with Crippen molar-refractivity contribution in [3.63, 3.8) is 0 Å². The standard InChI is InChI=1S/C12H9BrClN3O/c1-7-3-2-4-8(11(7)13)12(18)17-10-5-9(14)15-6-16-10/h2-6H,1H3,(H,15,16,17,18). The summed E-state index contributed by atoms with van der Waals surface area (Å²) in [5, 5.41) is 2.94. The minimum atomic E-state index is -0.250. The first-order chi connectivity index (χ1) is 8.58. The van der Waals surface area contributed by atoms with E-state index in [1.54, 1.807) is 6.07 Å². The summed E-state index contributed by atoms with van der Waals surface area (Å²) in [6, 6.07) is 6.96. The van der Waals surface area contributed by atoms with Gasteiger partial charge < -0.3 is 5.32 Å². The number of carbonyl (C=O) groups is 1. The van der Waals surface area contributed by atoms with Crippen LogP contribution >= 0.6 is 27.5 Å². The van der Waals surface area contributed by atoms with Crippen molar-refractivity contribution >= 4 is 39.3 Å². The third-order valence-corrected chi connectivity index (χ3v) is 3.57. The van der Waals surface area contributed by atoms with Crippen LogP contribution in [0.1, 0.15) is 15.9 Å². The molecule has 0 atom stereocenters. The molecule has 0 bridgehead atoms. The van der Waals surface area contributed by atoms with E-state index in [2.05, 4.69) is 31.2 Å². The van der Waals surface area contributed by atoms with Gasteiger partial charge in [0, 0.05) is 10.5 Å². The minimum absolute atomic E-state index is 0.250. The molecule has 0 aliphatic carbocycles. The van der Waals surface area contributed by atoms with E-state index in [1.165, 1.54) is 12.4 Å². The summed E-state index contributed by atoms with van der Waals surface area (Å²) in [5.74, 6) is 0.119. The van der Waals surface area contributed by atoms with Crippen LogP contribution in [0.4, 0.5) is 5.82 Å². The van der Waals surface area contributed by atoms with Gasteiger partial charge in [0.1, 0.15) is 17.3 Å². The smallest absolute Gasteiger partial charge is 0.257 e. The van der Waals surface area contributed by atoms with Gasteiger partial charge in [-0.25, -0.2) is 9.97 Å². The molecule has 0 saturated carbocycles. The number of hydrogen-bond donors (Lipinski definition) is 1. The van der Waals surface area contributed by atoms with Crippen LogP contribution in [0.15, 0.2) is 35.1 Å². The Morgan fingerprint density at radius 3 is 2.89 bits per heavy atom. The highest BCUT2D eigenvalue weighted by Crippen LogP contribution is 2.22. The highest BCUT2D eigenvalue weighted by atomic mass is 79.9. The number of rotatable bonds is 2. The molecular weight excluding hydrogens is 318 g/mol. The largest absolute Gasteiger partial charge is 0.306 e. The SMILES string of the molecule is Cc1cccc(C(=O)Nc2cc(Cl)ncn2)c1Br. The molecule has 0 aliphatic rings. The maximum absolute atomic E-state index is 12.1. The second-order valence-electron chi connectivity index (χ2n) is 3.62. The maximum atomic E-state index is 12.1. The fraction of sp³-hybridized carbons (Fsp3) is 0.0833. The molecule has 1 amide bonds. The summed E-state index contributed by atoms with van der Waals surface area (Å²) >= 11 is 9.11. The molecule has 18 heavy (non-hydrogen) atoms. The van der Waals surface area contributed by atoms with Crippen LogP contribution in [-0.4, -0.2) is 15.9 Å². The van der Waals surface area contributed by atoms with Gasteiger partial charge in [0.05, 0.1) is 5.56 Å². The zero-order valence-electron chi connectivity index (χ0n) is 9.45. The van der Waals surface area contributed by atoms with Crippen molar-refractivity contribution in [1.82, 2.24) is 9.97 Å². The Kier molecular flexibility index (Phi) is 3.93. The van der Waals surface area contributed by atoms with Gasteiger partial charge in [0.15, 0.2) is 0 Å². The predicted octanol–water partition coefficient (Wildman–Crippen LogP) is 3.45. The predicted molar refractivity (Wildman–Crippen MR) is 73.9 cm³/mol. The summed E-state index contributed by atoms with van der Waals surface area (Å²) in [5.41, 5.74) is 1.54. The van der Waals surface area contributed by atoms with E-state index < -0.39 is 0 Å². The van der Waals surface area contributed by atoms with Crippen LogP contribution in [0.25, 0.3) is 0 Å². The zero-order chi connectivity index (χ0) is 13.1. The van der Waals surface area contributed by atoms with Gasteiger partial charge in [-0.1, -0.05) is 23.7 Å². The van der Waals surface area contributed by atoms with Gasteiger partial charge >= 0.3 is 0 Å². The molecule has 1 aromatic carbocycles. The van der Waals surface area contributed by atoms with Gasteiger partial charge in [-0.3, -0.25) is 4.79 Å². The normalized spacial score (nSPS) is 10.2. The van der Waals surface area contributed by atoms with E-state index in [4.69, 9.17) is 11.6 Å². The average Bonchev–Trinajstić information content (AvgIpc) is 2.32. The molecule has 0 radical (unpaired) electrons. The molecule has 4 nitrogen and oxygen atoms in total. The Labute approximate surface area is 118 Å². The van der Waals surface area contributed by atoms with Crippen LogP contribution in [0.5, 0.6) is 0 Å². The Morgan fingerprint density at radius 2 is 2.17 bits per heavy atom. The number of anilines is 1. The summed E-state index contributed by atoms with van der Waals surface area (Å²) in [4.78, 5) is 19.7. The molecule has 1 heterocycles. The molecule has 0 saturated heterocycles. The number of nitrogens with one attached hydrogen (secondary N) is 1. The molecule has 0 aliphatic heterocycles. The first kappa shape index (κ1) is 13.0. The number of halogens is 2. The molecule has 2 rings (SSSR count). The quantitative estimate of drug-likeness (QED) is 0.860. The van der Waals surface area contributed by atoms with E-state index in [0.717, 1.165) is 10.0 Å². The monoisotopic (exact) mass is 325 g/mol. The Bertz CT molecular complexity index is 604. The molecule has 2 aromatic rings. The number of aromatic nitrogens is 2. The third kappa shape index (κ3) is 2.86. The van der Waals surface area contributed by atoms with Crippen molar-refractivity contribution in [2.45, 2.75) is 6.92 Å². The molecule has 6 heteroatoms. The van der Waals surface area contributed by atoms with Crippen molar-refractivity contribution < 1.29 is 4.79 Å². The lowest BCUT2D eigenvalue weighted by molar-refractivity contribution is 0.102. The average molecular weight is 327 g/mol. The van der Waals surface area contributed by atoms with Crippen molar-refractivity contribution in [1.29, 1.82) is 0 Å². The second-order valence-corrected chi connectivity index (χ2v) is 4.80. The molecular formula is C12H9BrClN3O. The van der Waals surface area contributed by atoms with Gasteiger partial charge in [0.25, 0.3) is 5.91 Å². The molecule has 92 valence electrons. The number of benzene rings is 1. The molecule has 0 unspecified atom stereocenters. The number of aryl methyl sites for hydroxylation is 1. The highest BCUT2D eigenvalue weighted by molar-refractivity contribution is 9.10. The molecule has 0 spiro atoms. The number of hydrogen-bond acceptors (Lipinski definition) is 3. The highest BCUT2D eigenvalue weighted by Gasteiger charge is 2.12. The first-order valence-corrected chi connectivity index (χ1v) is 6.29.